The minimum atomic E-state index is -1.32. The molecule has 2 aromatic carbocycles. The summed E-state index contributed by atoms with van der Waals surface area (Å²) in [5, 5.41) is 4.14. The van der Waals surface area contributed by atoms with Crippen LogP contribution in [0.4, 0.5) is 23.4 Å². The van der Waals surface area contributed by atoms with Crippen LogP contribution in [0.25, 0.3) is 16.2 Å². The molecular formula is C18H9F4N3OS. The van der Waals surface area contributed by atoms with Crippen molar-refractivity contribution in [2.75, 3.05) is 5.32 Å². The highest BCUT2D eigenvalue weighted by Gasteiger charge is 2.23. The van der Waals surface area contributed by atoms with Crippen LogP contribution in [0.3, 0.4) is 0 Å². The lowest BCUT2D eigenvalue weighted by molar-refractivity contribution is 0.101. The Morgan fingerprint density at radius 2 is 1.67 bits per heavy atom. The summed E-state index contributed by atoms with van der Waals surface area (Å²) in [6.45, 7) is 0. The van der Waals surface area contributed by atoms with Crippen LogP contribution in [0.15, 0.2) is 48.0 Å². The number of fused-ring (bicyclic) bond motifs is 1. The first-order valence-corrected chi connectivity index (χ1v) is 8.49. The maximum absolute atomic E-state index is 13.9. The lowest BCUT2D eigenvalue weighted by Crippen LogP contribution is -2.17. The molecule has 0 spiro atoms. The van der Waals surface area contributed by atoms with Gasteiger partial charge in [0.2, 0.25) is 0 Å². The van der Waals surface area contributed by atoms with E-state index < -0.39 is 34.7 Å². The SMILES string of the molecule is O=C(Nc1c(-c2ccc(F)cc2)nc2sccn12)c1c(F)cc(F)cc1F. The molecule has 0 unspecified atom stereocenters. The number of benzene rings is 2. The second-order valence-corrected chi connectivity index (χ2v) is 6.44. The van der Waals surface area contributed by atoms with Gasteiger partial charge in [-0.2, -0.15) is 0 Å². The normalized spacial score (nSPS) is 11.1. The van der Waals surface area contributed by atoms with E-state index in [1.807, 2.05) is 0 Å². The van der Waals surface area contributed by atoms with Crippen molar-refractivity contribution in [2.24, 2.45) is 0 Å². The fourth-order valence-corrected chi connectivity index (χ4v) is 3.36. The summed E-state index contributed by atoms with van der Waals surface area (Å²) >= 11 is 1.28. The highest BCUT2D eigenvalue weighted by molar-refractivity contribution is 7.15. The first-order chi connectivity index (χ1) is 12.9. The van der Waals surface area contributed by atoms with E-state index in [-0.39, 0.29) is 5.82 Å². The average molecular weight is 391 g/mol. The lowest BCUT2D eigenvalue weighted by atomic mass is 10.1. The number of rotatable bonds is 3. The highest BCUT2D eigenvalue weighted by Crippen LogP contribution is 2.31. The van der Waals surface area contributed by atoms with Crippen molar-refractivity contribution in [1.82, 2.24) is 9.38 Å². The largest absolute Gasteiger partial charge is 0.306 e. The number of hydrogen-bond donors (Lipinski definition) is 1. The van der Waals surface area contributed by atoms with Gasteiger partial charge in [0, 0.05) is 29.3 Å². The third kappa shape index (κ3) is 3.06. The Labute approximate surface area is 153 Å². The van der Waals surface area contributed by atoms with Crippen LogP contribution < -0.4 is 5.32 Å². The van der Waals surface area contributed by atoms with Gasteiger partial charge in [0.15, 0.2) is 4.96 Å². The zero-order valence-electron chi connectivity index (χ0n) is 13.3. The monoisotopic (exact) mass is 391 g/mol. The number of amides is 1. The third-order valence-electron chi connectivity index (χ3n) is 3.85. The number of aromatic nitrogens is 2. The molecule has 27 heavy (non-hydrogen) atoms. The third-order valence-corrected chi connectivity index (χ3v) is 4.60. The van der Waals surface area contributed by atoms with Crippen molar-refractivity contribution >= 4 is 28.0 Å². The Morgan fingerprint density at radius 1 is 1.00 bits per heavy atom. The molecule has 4 aromatic rings. The topological polar surface area (TPSA) is 46.4 Å². The maximum atomic E-state index is 13.9. The highest BCUT2D eigenvalue weighted by atomic mass is 32.1. The van der Waals surface area contributed by atoms with Crippen LogP contribution in [0.2, 0.25) is 0 Å². The van der Waals surface area contributed by atoms with Gasteiger partial charge in [-0.05, 0) is 24.3 Å². The number of anilines is 1. The Kier molecular flexibility index (Phi) is 4.15. The standard InChI is InChI=1S/C18H9F4N3OS/c19-10-3-1-9(2-4-10)15-16(25-5-6-27-18(25)23-15)24-17(26)14-12(21)7-11(20)8-13(14)22/h1-8H,(H,24,26). The summed E-state index contributed by atoms with van der Waals surface area (Å²) in [5.41, 5.74) is -0.104. The predicted molar refractivity (Wildman–Crippen MR) is 92.7 cm³/mol. The molecule has 1 N–H and O–H groups in total. The number of thiazole rings is 1. The summed E-state index contributed by atoms with van der Waals surface area (Å²) in [6.07, 6.45) is 1.62. The number of nitrogens with zero attached hydrogens (tertiary/aromatic N) is 2. The molecule has 0 saturated carbocycles. The molecule has 2 heterocycles. The van der Waals surface area contributed by atoms with Crippen LogP contribution in [-0.4, -0.2) is 15.3 Å². The Morgan fingerprint density at radius 3 is 2.33 bits per heavy atom. The second-order valence-electron chi connectivity index (χ2n) is 5.57. The smallest absolute Gasteiger partial charge is 0.262 e. The van der Waals surface area contributed by atoms with Crippen molar-refractivity contribution in [3.05, 3.63) is 76.8 Å². The number of nitrogens with one attached hydrogen (secondary N) is 1. The molecule has 0 aliphatic carbocycles. The van der Waals surface area contributed by atoms with E-state index in [0.717, 1.165) is 0 Å². The summed E-state index contributed by atoms with van der Waals surface area (Å²) in [5.74, 6) is -5.15. The minimum Gasteiger partial charge on any atom is -0.306 e. The molecule has 0 bridgehead atoms. The Balaban J connectivity index is 1.80. The molecule has 0 radical (unpaired) electrons. The molecule has 0 aliphatic rings. The van der Waals surface area contributed by atoms with Crippen molar-refractivity contribution in [2.45, 2.75) is 0 Å². The van der Waals surface area contributed by atoms with Crippen LogP contribution in [0.5, 0.6) is 0 Å². The van der Waals surface area contributed by atoms with Gasteiger partial charge in [0.1, 0.15) is 40.3 Å². The molecule has 2 aromatic heterocycles. The second kappa shape index (κ2) is 6.51. The van der Waals surface area contributed by atoms with Crippen LogP contribution in [0, 0.1) is 23.3 Å². The lowest BCUT2D eigenvalue weighted by Gasteiger charge is -2.09. The van der Waals surface area contributed by atoms with Crippen LogP contribution >= 0.6 is 11.3 Å². The van der Waals surface area contributed by atoms with Crippen LogP contribution in [0.1, 0.15) is 10.4 Å². The molecule has 0 saturated heterocycles. The summed E-state index contributed by atoms with van der Waals surface area (Å²) in [7, 11) is 0. The molecule has 9 heteroatoms. The molecule has 1 amide bonds. The molecule has 0 aliphatic heterocycles. The maximum Gasteiger partial charge on any atom is 0.262 e. The van der Waals surface area contributed by atoms with Gasteiger partial charge in [-0.25, -0.2) is 22.5 Å². The quantitative estimate of drug-likeness (QED) is 0.507. The molecular weight excluding hydrogens is 382 g/mol. The van der Waals surface area contributed by atoms with E-state index in [4.69, 9.17) is 0 Å². The van der Waals surface area contributed by atoms with Crippen LogP contribution in [-0.2, 0) is 0 Å². The minimum absolute atomic E-state index is 0.158. The van der Waals surface area contributed by atoms with Gasteiger partial charge in [0.25, 0.3) is 5.91 Å². The molecule has 0 fully saturated rings. The van der Waals surface area contributed by atoms with Gasteiger partial charge in [-0.3, -0.25) is 9.20 Å². The van der Waals surface area contributed by atoms with Gasteiger partial charge in [0.05, 0.1) is 0 Å². The Bertz CT molecular complexity index is 1140. The number of halogens is 4. The first-order valence-electron chi connectivity index (χ1n) is 7.61. The van der Waals surface area contributed by atoms with Gasteiger partial charge in [-0.1, -0.05) is 0 Å². The molecule has 0 atom stereocenters. The van der Waals surface area contributed by atoms with E-state index in [0.29, 0.717) is 28.4 Å². The summed E-state index contributed by atoms with van der Waals surface area (Å²) in [4.78, 5) is 17.4. The summed E-state index contributed by atoms with van der Waals surface area (Å²) in [6, 6.07) is 6.25. The number of imidazole rings is 1. The van der Waals surface area contributed by atoms with E-state index in [2.05, 4.69) is 10.3 Å². The van der Waals surface area contributed by atoms with E-state index >= 15 is 0 Å². The van der Waals surface area contributed by atoms with Crippen molar-refractivity contribution in [3.8, 4) is 11.3 Å². The number of hydrogen-bond acceptors (Lipinski definition) is 3. The van der Waals surface area contributed by atoms with Gasteiger partial charge < -0.3 is 5.32 Å². The fourth-order valence-electron chi connectivity index (χ4n) is 2.64. The fraction of sp³-hybridized carbons (Fsp3) is 0. The first kappa shape index (κ1) is 17.2. The number of carbonyl (C=O) groups excluding carboxylic acids is 1. The van der Waals surface area contributed by atoms with E-state index in [1.54, 1.807) is 11.6 Å². The van der Waals surface area contributed by atoms with Gasteiger partial charge in [-0.15, -0.1) is 11.3 Å². The van der Waals surface area contributed by atoms with E-state index in [9.17, 15) is 22.4 Å². The summed E-state index contributed by atoms with van der Waals surface area (Å²) < 4.78 is 55.6. The Hall–Kier alpha value is -3.20. The van der Waals surface area contributed by atoms with Crippen molar-refractivity contribution in [3.63, 3.8) is 0 Å². The zero-order valence-corrected chi connectivity index (χ0v) is 14.2. The molecule has 136 valence electrons. The predicted octanol–water partition coefficient (Wildman–Crippen LogP) is 4.87. The van der Waals surface area contributed by atoms with Crippen molar-refractivity contribution < 1.29 is 22.4 Å². The average Bonchev–Trinajstić information content (AvgIpc) is 3.17. The zero-order chi connectivity index (χ0) is 19.1. The molecule has 4 rings (SSSR count). The van der Waals surface area contributed by atoms with Gasteiger partial charge >= 0.3 is 0 Å². The number of carbonyl (C=O) groups is 1. The van der Waals surface area contributed by atoms with Crippen molar-refractivity contribution in [1.29, 1.82) is 0 Å². The molecule has 4 nitrogen and oxygen atoms in total. The van der Waals surface area contributed by atoms with E-state index in [1.165, 1.54) is 40.0 Å².